The molecule has 2 aromatic heterocycles. The first-order chi connectivity index (χ1) is 23.7. The molecule has 6 aromatic carbocycles. The second kappa shape index (κ2) is 10.1. The first kappa shape index (κ1) is 27.0. The van der Waals surface area contributed by atoms with Crippen molar-refractivity contribution >= 4 is 39.1 Å². The average Bonchev–Trinajstić information content (AvgIpc) is 3.78. The molecule has 1 aliphatic carbocycles. The molecule has 3 heterocycles. The van der Waals surface area contributed by atoms with Crippen LogP contribution in [0.5, 0.6) is 0 Å². The Morgan fingerprint density at radius 3 is 1.94 bits per heavy atom. The van der Waals surface area contributed by atoms with E-state index in [0.717, 1.165) is 23.0 Å². The summed E-state index contributed by atoms with van der Waals surface area (Å²) in [6.45, 7) is 0.687. The highest BCUT2D eigenvalue weighted by Crippen LogP contribution is 2.57. The Morgan fingerprint density at radius 1 is 0.521 bits per heavy atom. The Hall–Kier alpha value is -6.20. The molecule has 0 atom stereocenters. The van der Waals surface area contributed by atoms with Crippen LogP contribution in [-0.4, -0.2) is 28.3 Å². The van der Waals surface area contributed by atoms with Gasteiger partial charge >= 0.3 is 0 Å². The number of hydrogen-bond donors (Lipinski definition) is 0. The van der Waals surface area contributed by atoms with Gasteiger partial charge in [0.1, 0.15) is 0 Å². The number of fused-ring (bicyclic) bond motifs is 7. The van der Waals surface area contributed by atoms with Crippen molar-refractivity contribution in [3.8, 4) is 16.8 Å². The lowest BCUT2D eigenvalue weighted by atomic mass is 9.67. The highest BCUT2D eigenvalue weighted by atomic mass is 15.4. The molecule has 0 saturated heterocycles. The zero-order valence-electron chi connectivity index (χ0n) is 26.5. The first-order valence-electron chi connectivity index (χ1n) is 16.4. The molecule has 48 heavy (non-hydrogen) atoms. The summed E-state index contributed by atoms with van der Waals surface area (Å²) >= 11 is 0. The van der Waals surface area contributed by atoms with E-state index in [1.807, 2.05) is 0 Å². The Morgan fingerprint density at radius 2 is 1.15 bits per heavy atom. The maximum Gasteiger partial charge on any atom is 0.178 e. The van der Waals surface area contributed by atoms with Crippen molar-refractivity contribution in [2.75, 3.05) is 23.5 Å². The predicted molar refractivity (Wildman–Crippen MR) is 196 cm³/mol. The van der Waals surface area contributed by atoms with Crippen LogP contribution < -0.4 is 9.80 Å². The van der Waals surface area contributed by atoms with Gasteiger partial charge in [-0.1, -0.05) is 109 Å². The van der Waals surface area contributed by atoms with Crippen LogP contribution in [0.25, 0.3) is 38.6 Å². The maximum atomic E-state index is 4.75. The van der Waals surface area contributed by atoms with Gasteiger partial charge in [-0.05, 0) is 69.8 Å². The van der Waals surface area contributed by atoms with Crippen LogP contribution in [0, 0.1) is 0 Å². The van der Waals surface area contributed by atoms with Gasteiger partial charge in [0.05, 0.1) is 23.1 Å². The maximum absolute atomic E-state index is 4.75. The van der Waals surface area contributed by atoms with Gasteiger partial charge in [-0.25, -0.2) is 9.97 Å². The summed E-state index contributed by atoms with van der Waals surface area (Å²) in [6.07, 6.45) is 3.54. The zero-order chi connectivity index (χ0) is 31.8. The molecular formula is C43H31N5. The van der Waals surface area contributed by atoms with Gasteiger partial charge in [-0.2, -0.15) is 0 Å². The third-order valence-electron chi connectivity index (χ3n) is 10.3. The van der Waals surface area contributed by atoms with Crippen LogP contribution in [0.4, 0.5) is 17.3 Å². The predicted octanol–water partition coefficient (Wildman–Crippen LogP) is 9.48. The highest BCUT2D eigenvalue weighted by molar-refractivity contribution is 6.09. The third kappa shape index (κ3) is 3.61. The van der Waals surface area contributed by atoms with Crippen LogP contribution in [0.15, 0.2) is 158 Å². The van der Waals surface area contributed by atoms with Crippen molar-refractivity contribution in [3.05, 3.63) is 180 Å². The van der Waals surface area contributed by atoms with E-state index in [-0.39, 0.29) is 0 Å². The molecule has 2 aliphatic rings. The number of rotatable bonds is 4. The van der Waals surface area contributed by atoms with E-state index < -0.39 is 5.41 Å². The van der Waals surface area contributed by atoms with Crippen molar-refractivity contribution in [3.63, 3.8) is 0 Å². The van der Waals surface area contributed by atoms with Crippen LogP contribution in [-0.2, 0) is 5.41 Å². The molecule has 1 aliphatic heterocycles. The summed E-state index contributed by atoms with van der Waals surface area (Å²) in [7, 11) is 2.07. The van der Waals surface area contributed by atoms with E-state index >= 15 is 0 Å². The fraction of sp³-hybridized carbons (Fsp3) is 0.0698. The second-order valence-electron chi connectivity index (χ2n) is 12.8. The molecule has 10 rings (SSSR count). The summed E-state index contributed by atoms with van der Waals surface area (Å²) in [4.78, 5) is 13.8. The minimum Gasteiger partial charge on any atom is -0.338 e. The summed E-state index contributed by atoms with van der Waals surface area (Å²) in [5, 5.41) is 2.50. The van der Waals surface area contributed by atoms with Crippen molar-refractivity contribution < 1.29 is 0 Å². The normalized spacial score (nSPS) is 14.4. The quantitative estimate of drug-likeness (QED) is 0.197. The van der Waals surface area contributed by atoms with Crippen molar-refractivity contribution in [1.29, 1.82) is 0 Å². The minimum absolute atomic E-state index is 0.549. The largest absolute Gasteiger partial charge is 0.338 e. The summed E-state index contributed by atoms with van der Waals surface area (Å²) in [5.41, 5.74) is 11.7. The molecular weight excluding hydrogens is 587 g/mol. The third-order valence-corrected chi connectivity index (χ3v) is 10.3. The average molecular weight is 618 g/mol. The molecule has 0 amide bonds. The van der Waals surface area contributed by atoms with Crippen molar-refractivity contribution in [2.45, 2.75) is 5.41 Å². The lowest BCUT2D eigenvalue weighted by molar-refractivity contribution is 0.768. The Bertz CT molecular complexity index is 2490. The SMILES string of the molecule is CN1CN(c2cccc(C3(c4ccc5c6ccccc6n(-c6ccccc6)c5c4)c4ccccc4-c4ccccc43)c2)c2nccnc21. The number of nitrogens with zero attached hydrogens (tertiary/aromatic N) is 5. The summed E-state index contributed by atoms with van der Waals surface area (Å²) in [6, 6.07) is 53.6. The number of hydrogen-bond acceptors (Lipinski definition) is 4. The minimum atomic E-state index is -0.549. The molecule has 8 aromatic rings. The molecule has 0 radical (unpaired) electrons. The number of benzene rings is 6. The molecule has 0 fully saturated rings. The fourth-order valence-corrected chi connectivity index (χ4v) is 8.32. The first-order valence-corrected chi connectivity index (χ1v) is 16.4. The number of para-hydroxylation sites is 2. The van der Waals surface area contributed by atoms with Gasteiger partial charge in [0.2, 0.25) is 0 Å². The summed E-state index contributed by atoms with van der Waals surface area (Å²) < 4.78 is 2.42. The topological polar surface area (TPSA) is 37.2 Å². The van der Waals surface area contributed by atoms with Crippen LogP contribution in [0.3, 0.4) is 0 Å². The molecule has 0 spiro atoms. The van der Waals surface area contributed by atoms with E-state index in [1.165, 1.54) is 55.2 Å². The van der Waals surface area contributed by atoms with Crippen LogP contribution in [0.1, 0.15) is 22.3 Å². The molecule has 0 saturated carbocycles. The summed E-state index contributed by atoms with van der Waals surface area (Å²) in [5.74, 6) is 1.78. The van der Waals surface area contributed by atoms with Gasteiger partial charge in [0, 0.05) is 41.6 Å². The van der Waals surface area contributed by atoms with E-state index in [0.29, 0.717) is 6.67 Å². The van der Waals surface area contributed by atoms with Gasteiger partial charge in [0.15, 0.2) is 11.6 Å². The van der Waals surface area contributed by atoms with Gasteiger partial charge in [-0.3, -0.25) is 0 Å². The molecule has 0 bridgehead atoms. The molecule has 5 heteroatoms. The van der Waals surface area contributed by atoms with Crippen molar-refractivity contribution in [1.82, 2.24) is 14.5 Å². The lowest BCUT2D eigenvalue weighted by Crippen LogP contribution is -2.29. The number of aromatic nitrogens is 3. The molecule has 228 valence electrons. The van der Waals surface area contributed by atoms with Crippen LogP contribution >= 0.6 is 0 Å². The van der Waals surface area contributed by atoms with Gasteiger partial charge in [0.25, 0.3) is 0 Å². The second-order valence-corrected chi connectivity index (χ2v) is 12.8. The molecule has 0 N–H and O–H groups in total. The zero-order valence-corrected chi connectivity index (χ0v) is 26.5. The van der Waals surface area contributed by atoms with E-state index in [9.17, 15) is 0 Å². The molecule has 0 unspecified atom stereocenters. The fourth-order valence-electron chi connectivity index (χ4n) is 8.32. The standard InChI is InChI=1S/C43H31N5/c1-46-28-47(42-41(46)44-24-25-45-42)32-15-11-12-29(26-32)43(37-19-8-5-16-33(37)34-17-6-9-20-38(34)43)30-22-23-36-35-18-7-10-21-39(35)48(40(36)27-30)31-13-3-2-4-14-31/h2-27H,28H2,1H3. The highest BCUT2D eigenvalue weighted by Gasteiger charge is 2.46. The number of anilines is 3. The van der Waals surface area contributed by atoms with E-state index in [2.05, 4.69) is 172 Å². The Labute approximate surface area is 279 Å². The van der Waals surface area contributed by atoms with Crippen LogP contribution in [0.2, 0.25) is 0 Å². The lowest BCUT2D eigenvalue weighted by Gasteiger charge is -2.35. The Balaban J connectivity index is 1.29. The monoisotopic (exact) mass is 617 g/mol. The van der Waals surface area contributed by atoms with E-state index in [1.54, 1.807) is 12.4 Å². The smallest absolute Gasteiger partial charge is 0.178 e. The molecule has 5 nitrogen and oxygen atoms in total. The van der Waals surface area contributed by atoms with Crippen molar-refractivity contribution in [2.24, 2.45) is 0 Å². The van der Waals surface area contributed by atoms with E-state index in [4.69, 9.17) is 4.98 Å². The Kier molecular flexibility index (Phi) is 5.70. The van der Waals surface area contributed by atoms with Gasteiger partial charge in [-0.15, -0.1) is 0 Å². The van der Waals surface area contributed by atoms with Gasteiger partial charge < -0.3 is 14.4 Å².